The van der Waals surface area contributed by atoms with Crippen LogP contribution in [-0.2, 0) is 14.8 Å². The van der Waals surface area contributed by atoms with Gasteiger partial charge in [-0.25, -0.2) is 8.42 Å². The summed E-state index contributed by atoms with van der Waals surface area (Å²) in [7, 11) is -3.65. The highest BCUT2D eigenvalue weighted by Crippen LogP contribution is 2.26. The van der Waals surface area contributed by atoms with Crippen LogP contribution in [0.3, 0.4) is 0 Å². The van der Waals surface area contributed by atoms with E-state index in [1.54, 1.807) is 25.1 Å². The van der Waals surface area contributed by atoms with Gasteiger partial charge in [0.1, 0.15) is 6.54 Å². The van der Waals surface area contributed by atoms with E-state index in [1.807, 2.05) is 39.0 Å². The first-order valence-electron chi connectivity index (χ1n) is 8.59. The molecule has 5 nitrogen and oxygen atoms in total. The van der Waals surface area contributed by atoms with Gasteiger partial charge in [-0.05, 0) is 56.5 Å². The quantitative estimate of drug-likeness (QED) is 0.787. The largest absolute Gasteiger partial charge is 0.348 e. The second-order valence-electron chi connectivity index (χ2n) is 6.85. The molecule has 0 spiro atoms. The maximum absolute atomic E-state index is 12.6. The van der Waals surface area contributed by atoms with Crippen molar-refractivity contribution in [3.05, 3.63) is 63.7 Å². The van der Waals surface area contributed by atoms with E-state index in [4.69, 9.17) is 11.6 Å². The molecule has 27 heavy (non-hydrogen) atoms. The highest BCUT2D eigenvalue weighted by atomic mass is 35.5. The number of hydrogen-bond acceptors (Lipinski definition) is 3. The molecule has 2 aromatic carbocycles. The lowest BCUT2D eigenvalue weighted by Crippen LogP contribution is -2.41. The molecule has 2 rings (SSSR count). The number of rotatable bonds is 6. The van der Waals surface area contributed by atoms with Gasteiger partial charge in [0.2, 0.25) is 15.9 Å². The number of anilines is 1. The standard InChI is InChI=1S/C20H25ClN2O3S/c1-13-6-7-14(2)18(10-13)16(4)22-20(24)12-23(27(5,25)26)19-11-17(21)9-8-15(19)3/h6-11,16H,12H2,1-5H3,(H,22,24)/t16-/m1/s1. The third-order valence-corrected chi connectivity index (χ3v) is 5.77. The molecule has 0 heterocycles. The smallest absolute Gasteiger partial charge is 0.241 e. The number of sulfonamides is 1. The third-order valence-electron chi connectivity index (χ3n) is 4.41. The summed E-state index contributed by atoms with van der Waals surface area (Å²) < 4.78 is 25.7. The zero-order chi connectivity index (χ0) is 20.4. The Bertz CT molecular complexity index is 958. The average molecular weight is 409 g/mol. The first kappa shape index (κ1) is 21.3. The van der Waals surface area contributed by atoms with Crippen LogP contribution in [0.2, 0.25) is 5.02 Å². The van der Waals surface area contributed by atoms with E-state index in [9.17, 15) is 13.2 Å². The molecule has 0 aliphatic carbocycles. The molecule has 0 fully saturated rings. The molecule has 1 atom stereocenters. The minimum Gasteiger partial charge on any atom is -0.348 e. The normalized spacial score (nSPS) is 12.5. The lowest BCUT2D eigenvalue weighted by Gasteiger charge is -2.25. The van der Waals surface area contributed by atoms with E-state index in [2.05, 4.69) is 5.32 Å². The predicted octanol–water partition coefficient (Wildman–Crippen LogP) is 3.91. The first-order chi connectivity index (χ1) is 12.5. The Kier molecular flexibility index (Phi) is 6.54. The van der Waals surface area contributed by atoms with Gasteiger partial charge < -0.3 is 5.32 Å². The number of amides is 1. The molecule has 1 amide bonds. The van der Waals surface area contributed by atoms with Gasteiger partial charge in [0.05, 0.1) is 18.0 Å². The van der Waals surface area contributed by atoms with Crippen molar-refractivity contribution in [2.24, 2.45) is 0 Å². The van der Waals surface area contributed by atoms with E-state index >= 15 is 0 Å². The van der Waals surface area contributed by atoms with Crippen LogP contribution < -0.4 is 9.62 Å². The van der Waals surface area contributed by atoms with Crippen LogP contribution in [0.4, 0.5) is 5.69 Å². The minimum atomic E-state index is -3.65. The fourth-order valence-corrected chi connectivity index (χ4v) is 4.03. The molecule has 1 N–H and O–H groups in total. The molecule has 7 heteroatoms. The van der Waals surface area contributed by atoms with Gasteiger partial charge in [-0.3, -0.25) is 9.10 Å². The summed E-state index contributed by atoms with van der Waals surface area (Å²) >= 11 is 6.02. The van der Waals surface area contributed by atoms with Crippen molar-refractivity contribution in [2.45, 2.75) is 33.7 Å². The summed E-state index contributed by atoms with van der Waals surface area (Å²) in [4.78, 5) is 12.6. The summed E-state index contributed by atoms with van der Waals surface area (Å²) in [5.74, 6) is -0.381. The first-order valence-corrected chi connectivity index (χ1v) is 10.8. The SMILES string of the molecule is Cc1ccc(C)c([C@@H](C)NC(=O)CN(c2cc(Cl)ccc2C)S(C)(=O)=O)c1. The van der Waals surface area contributed by atoms with E-state index in [1.165, 1.54) is 0 Å². The van der Waals surface area contributed by atoms with Crippen LogP contribution in [-0.4, -0.2) is 27.1 Å². The Hall–Kier alpha value is -2.05. The molecule has 0 aliphatic heterocycles. The molecule has 0 saturated heterocycles. The number of nitrogens with zero attached hydrogens (tertiary/aromatic N) is 1. The van der Waals surface area contributed by atoms with Crippen LogP contribution in [0.1, 0.15) is 35.2 Å². The van der Waals surface area contributed by atoms with Crippen LogP contribution in [0.15, 0.2) is 36.4 Å². The molecule has 0 bridgehead atoms. The van der Waals surface area contributed by atoms with Crippen LogP contribution in [0.25, 0.3) is 0 Å². The van der Waals surface area contributed by atoms with Gasteiger partial charge in [0.15, 0.2) is 0 Å². The molecule has 0 saturated carbocycles. The van der Waals surface area contributed by atoms with Crippen molar-refractivity contribution in [2.75, 3.05) is 17.1 Å². The van der Waals surface area contributed by atoms with E-state index < -0.39 is 10.0 Å². The molecule has 146 valence electrons. The van der Waals surface area contributed by atoms with Gasteiger partial charge in [-0.2, -0.15) is 0 Å². The molecule has 2 aromatic rings. The number of halogens is 1. The second kappa shape index (κ2) is 8.31. The topological polar surface area (TPSA) is 66.5 Å². The molecular formula is C20H25ClN2O3S. The number of hydrogen-bond donors (Lipinski definition) is 1. The summed E-state index contributed by atoms with van der Waals surface area (Å²) in [6, 6.07) is 10.8. The van der Waals surface area contributed by atoms with Crippen molar-refractivity contribution >= 4 is 33.2 Å². The fraction of sp³-hybridized carbons (Fsp3) is 0.350. The molecule has 0 aromatic heterocycles. The van der Waals surface area contributed by atoms with Crippen molar-refractivity contribution in [3.8, 4) is 0 Å². The molecular weight excluding hydrogens is 384 g/mol. The van der Waals surface area contributed by atoms with Gasteiger partial charge in [-0.1, -0.05) is 41.4 Å². The van der Waals surface area contributed by atoms with E-state index in [0.717, 1.165) is 32.8 Å². The van der Waals surface area contributed by atoms with Gasteiger partial charge in [-0.15, -0.1) is 0 Å². The van der Waals surface area contributed by atoms with Gasteiger partial charge in [0, 0.05) is 5.02 Å². The summed E-state index contributed by atoms with van der Waals surface area (Å²) in [6.45, 7) is 7.32. The zero-order valence-electron chi connectivity index (χ0n) is 16.2. The van der Waals surface area contributed by atoms with Crippen LogP contribution >= 0.6 is 11.6 Å². The number of benzene rings is 2. The monoisotopic (exact) mass is 408 g/mol. The lowest BCUT2D eigenvalue weighted by molar-refractivity contribution is -0.120. The third kappa shape index (κ3) is 5.47. The average Bonchev–Trinajstić information content (AvgIpc) is 2.56. The van der Waals surface area contributed by atoms with Gasteiger partial charge >= 0.3 is 0 Å². The van der Waals surface area contributed by atoms with Crippen LogP contribution in [0, 0.1) is 20.8 Å². The van der Waals surface area contributed by atoms with Crippen molar-refractivity contribution in [1.29, 1.82) is 0 Å². The van der Waals surface area contributed by atoms with E-state index in [-0.39, 0.29) is 18.5 Å². The Morgan fingerprint density at radius 1 is 1.11 bits per heavy atom. The number of aryl methyl sites for hydroxylation is 3. The summed E-state index contributed by atoms with van der Waals surface area (Å²) in [5.41, 5.74) is 4.30. The maximum Gasteiger partial charge on any atom is 0.241 e. The second-order valence-corrected chi connectivity index (χ2v) is 9.19. The van der Waals surface area contributed by atoms with E-state index in [0.29, 0.717) is 10.7 Å². The molecule has 0 unspecified atom stereocenters. The highest BCUT2D eigenvalue weighted by Gasteiger charge is 2.23. The lowest BCUT2D eigenvalue weighted by atomic mass is 10.00. The fourth-order valence-electron chi connectivity index (χ4n) is 2.95. The Morgan fingerprint density at radius 3 is 2.37 bits per heavy atom. The maximum atomic E-state index is 12.6. The number of nitrogens with one attached hydrogen (secondary N) is 1. The Morgan fingerprint density at radius 2 is 1.74 bits per heavy atom. The number of carbonyl (C=O) groups excluding carboxylic acids is 1. The van der Waals surface area contributed by atoms with Crippen molar-refractivity contribution in [1.82, 2.24) is 5.32 Å². The molecule has 0 aliphatic rings. The Balaban J connectivity index is 2.24. The van der Waals surface area contributed by atoms with Gasteiger partial charge in [0.25, 0.3) is 0 Å². The number of carbonyl (C=O) groups is 1. The van der Waals surface area contributed by atoms with Crippen molar-refractivity contribution < 1.29 is 13.2 Å². The summed E-state index contributed by atoms with van der Waals surface area (Å²) in [6.07, 6.45) is 1.08. The molecule has 0 radical (unpaired) electrons. The minimum absolute atomic E-state index is 0.237. The zero-order valence-corrected chi connectivity index (χ0v) is 17.8. The Labute approximate surface area is 166 Å². The van der Waals surface area contributed by atoms with Crippen LogP contribution in [0.5, 0.6) is 0 Å². The highest BCUT2D eigenvalue weighted by molar-refractivity contribution is 7.92. The summed E-state index contributed by atoms with van der Waals surface area (Å²) in [5, 5.41) is 3.30. The predicted molar refractivity (Wildman–Crippen MR) is 111 cm³/mol. The van der Waals surface area contributed by atoms with Crippen molar-refractivity contribution in [3.63, 3.8) is 0 Å².